The SMILES string of the molecule is CC(C)(O)Cn1cc(C(=O)O)c(Cl)n1. The third kappa shape index (κ3) is 2.71. The molecule has 0 aromatic carbocycles. The van der Waals surface area contributed by atoms with E-state index in [9.17, 15) is 9.90 Å². The van der Waals surface area contributed by atoms with Crippen molar-refractivity contribution in [2.24, 2.45) is 0 Å². The molecule has 0 saturated heterocycles. The van der Waals surface area contributed by atoms with Gasteiger partial charge in [0.05, 0.1) is 12.1 Å². The first kappa shape index (κ1) is 11.0. The molecule has 0 aliphatic carbocycles. The predicted octanol–water partition coefficient (Wildman–Crippen LogP) is 1.01. The topological polar surface area (TPSA) is 75.4 Å². The Bertz CT molecular complexity index is 354. The Kier molecular flexibility index (Phi) is 2.82. The molecule has 1 aromatic heterocycles. The first-order valence-electron chi connectivity index (χ1n) is 3.98. The second kappa shape index (κ2) is 3.59. The Morgan fingerprint density at radius 1 is 1.71 bits per heavy atom. The quantitative estimate of drug-likeness (QED) is 0.794. The van der Waals surface area contributed by atoms with Gasteiger partial charge < -0.3 is 10.2 Å². The maximum atomic E-state index is 10.6. The Morgan fingerprint density at radius 3 is 2.64 bits per heavy atom. The smallest absolute Gasteiger partial charge is 0.340 e. The number of nitrogens with zero attached hydrogens (tertiary/aromatic N) is 2. The van der Waals surface area contributed by atoms with Gasteiger partial charge in [0.25, 0.3) is 0 Å². The zero-order valence-electron chi connectivity index (χ0n) is 7.86. The number of halogens is 1. The molecule has 78 valence electrons. The molecule has 0 radical (unpaired) electrons. The van der Waals surface area contributed by atoms with Crippen LogP contribution in [0.1, 0.15) is 24.2 Å². The molecule has 1 aromatic rings. The lowest BCUT2D eigenvalue weighted by Crippen LogP contribution is -2.26. The summed E-state index contributed by atoms with van der Waals surface area (Å²) >= 11 is 5.57. The minimum atomic E-state index is -1.13. The van der Waals surface area contributed by atoms with Crippen molar-refractivity contribution in [1.82, 2.24) is 9.78 Å². The molecule has 0 fully saturated rings. The van der Waals surface area contributed by atoms with Gasteiger partial charge in [-0.2, -0.15) is 5.10 Å². The summed E-state index contributed by atoms with van der Waals surface area (Å²) in [4.78, 5) is 10.6. The standard InChI is InChI=1S/C8H11ClN2O3/c1-8(2,14)4-11-3-5(7(12)13)6(9)10-11/h3,14H,4H2,1-2H3,(H,12,13). The fourth-order valence-electron chi connectivity index (χ4n) is 1.02. The number of aromatic nitrogens is 2. The highest BCUT2D eigenvalue weighted by Gasteiger charge is 2.18. The van der Waals surface area contributed by atoms with Crippen molar-refractivity contribution in [3.63, 3.8) is 0 Å². The van der Waals surface area contributed by atoms with E-state index in [4.69, 9.17) is 16.7 Å². The molecule has 0 aliphatic rings. The van der Waals surface area contributed by atoms with Crippen molar-refractivity contribution in [3.8, 4) is 0 Å². The highest BCUT2D eigenvalue weighted by atomic mass is 35.5. The number of carbonyl (C=O) groups is 1. The highest BCUT2D eigenvalue weighted by molar-refractivity contribution is 6.32. The molecular weight excluding hydrogens is 208 g/mol. The Balaban J connectivity index is 2.92. The monoisotopic (exact) mass is 218 g/mol. The molecule has 0 atom stereocenters. The van der Waals surface area contributed by atoms with Crippen LogP contribution in [0.4, 0.5) is 0 Å². The molecule has 14 heavy (non-hydrogen) atoms. The van der Waals surface area contributed by atoms with Crippen LogP contribution in [0.25, 0.3) is 0 Å². The van der Waals surface area contributed by atoms with E-state index in [0.717, 1.165) is 0 Å². The van der Waals surface area contributed by atoms with E-state index in [0.29, 0.717) is 0 Å². The van der Waals surface area contributed by atoms with Crippen molar-refractivity contribution in [3.05, 3.63) is 16.9 Å². The van der Waals surface area contributed by atoms with Gasteiger partial charge >= 0.3 is 5.97 Å². The van der Waals surface area contributed by atoms with Gasteiger partial charge in [0.1, 0.15) is 5.56 Å². The minimum Gasteiger partial charge on any atom is -0.478 e. The lowest BCUT2D eigenvalue weighted by Gasteiger charge is -2.16. The van der Waals surface area contributed by atoms with Gasteiger partial charge in [0, 0.05) is 6.20 Å². The lowest BCUT2D eigenvalue weighted by molar-refractivity contribution is 0.0573. The number of carboxylic acids is 1. The summed E-state index contributed by atoms with van der Waals surface area (Å²) in [5.41, 5.74) is -1.01. The normalized spacial score (nSPS) is 11.7. The predicted molar refractivity (Wildman–Crippen MR) is 50.5 cm³/mol. The van der Waals surface area contributed by atoms with Gasteiger partial charge in [0.15, 0.2) is 5.15 Å². The zero-order chi connectivity index (χ0) is 10.9. The molecule has 1 rings (SSSR count). The van der Waals surface area contributed by atoms with Crippen LogP contribution in [0, 0.1) is 0 Å². The van der Waals surface area contributed by atoms with Crippen LogP contribution in [0.15, 0.2) is 6.20 Å². The largest absolute Gasteiger partial charge is 0.478 e. The van der Waals surface area contributed by atoms with Gasteiger partial charge in [-0.3, -0.25) is 4.68 Å². The second-order valence-corrected chi connectivity index (χ2v) is 4.01. The molecule has 0 bridgehead atoms. The van der Waals surface area contributed by atoms with Gasteiger partial charge in [0.2, 0.25) is 0 Å². The molecular formula is C8H11ClN2O3. The number of aliphatic hydroxyl groups is 1. The van der Waals surface area contributed by atoms with Gasteiger partial charge in [-0.25, -0.2) is 4.79 Å². The van der Waals surface area contributed by atoms with Gasteiger partial charge in [-0.1, -0.05) is 11.6 Å². The van der Waals surface area contributed by atoms with Crippen molar-refractivity contribution in [2.75, 3.05) is 0 Å². The Hall–Kier alpha value is -1.07. The third-order valence-corrected chi connectivity index (χ3v) is 1.78. The van der Waals surface area contributed by atoms with Crippen LogP contribution in [0.5, 0.6) is 0 Å². The second-order valence-electron chi connectivity index (χ2n) is 3.65. The summed E-state index contributed by atoms with van der Waals surface area (Å²) in [6.45, 7) is 3.39. The van der Waals surface area contributed by atoms with Crippen molar-refractivity contribution < 1.29 is 15.0 Å². The Labute approximate surface area is 85.9 Å². The van der Waals surface area contributed by atoms with E-state index in [2.05, 4.69) is 5.10 Å². The van der Waals surface area contributed by atoms with Crippen molar-refractivity contribution >= 4 is 17.6 Å². The van der Waals surface area contributed by atoms with E-state index in [1.807, 2.05) is 0 Å². The molecule has 1 heterocycles. The van der Waals surface area contributed by atoms with Crippen molar-refractivity contribution in [2.45, 2.75) is 26.0 Å². The Morgan fingerprint density at radius 2 is 2.29 bits per heavy atom. The summed E-state index contributed by atoms with van der Waals surface area (Å²) in [7, 11) is 0. The van der Waals surface area contributed by atoms with Crippen LogP contribution in [0.2, 0.25) is 5.15 Å². The molecule has 2 N–H and O–H groups in total. The molecule has 6 heteroatoms. The minimum absolute atomic E-state index is 0.0593. The van der Waals surface area contributed by atoms with Crippen LogP contribution < -0.4 is 0 Å². The lowest BCUT2D eigenvalue weighted by atomic mass is 10.1. The first-order valence-corrected chi connectivity index (χ1v) is 4.36. The molecule has 5 nitrogen and oxygen atoms in total. The summed E-state index contributed by atoms with van der Waals surface area (Å²) in [5.74, 6) is -1.13. The average Bonchev–Trinajstić information content (AvgIpc) is 2.26. The summed E-state index contributed by atoms with van der Waals surface area (Å²) in [6.07, 6.45) is 1.29. The number of aromatic carboxylic acids is 1. The molecule has 0 unspecified atom stereocenters. The van der Waals surface area contributed by atoms with Crippen LogP contribution in [-0.4, -0.2) is 31.6 Å². The summed E-state index contributed by atoms with van der Waals surface area (Å²) < 4.78 is 1.31. The molecule has 0 spiro atoms. The fraction of sp³-hybridized carbons (Fsp3) is 0.500. The van der Waals surface area contributed by atoms with E-state index in [1.165, 1.54) is 10.9 Å². The third-order valence-electron chi connectivity index (χ3n) is 1.50. The maximum Gasteiger partial charge on any atom is 0.340 e. The molecule has 0 aliphatic heterocycles. The fourth-order valence-corrected chi connectivity index (χ4v) is 1.25. The highest BCUT2D eigenvalue weighted by Crippen LogP contribution is 2.15. The van der Waals surface area contributed by atoms with Crippen LogP contribution >= 0.6 is 11.6 Å². The van der Waals surface area contributed by atoms with Crippen molar-refractivity contribution in [1.29, 1.82) is 0 Å². The number of carboxylic acid groups (broad SMARTS) is 1. The molecule has 0 amide bonds. The van der Waals surface area contributed by atoms with E-state index >= 15 is 0 Å². The number of hydrogen-bond acceptors (Lipinski definition) is 3. The van der Waals surface area contributed by atoms with Gasteiger partial charge in [-0.05, 0) is 13.8 Å². The summed E-state index contributed by atoms with van der Waals surface area (Å²) in [5, 5.41) is 21.8. The first-order chi connectivity index (χ1) is 6.29. The molecule has 0 saturated carbocycles. The number of hydrogen-bond donors (Lipinski definition) is 2. The maximum absolute atomic E-state index is 10.6. The van der Waals surface area contributed by atoms with Gasteiger partial charge in [-0.15, -0.1) is 0 Å². The van der Waals surface area contributed by atoms with Crippen LogP contribution in [-0.2, 0) is 6.54 Å². The summed E-state index contributed by atoms with van der Waals surface area (Å²) in [6, 6.07) is 0. The van der Waals surface area contributed by atoms with E-state index in [-0.39, 0.29) is 17.3 Å². The van der Waals surface area contributed by atoms with E-state index in [1.54, 1.807) is 13.8 Å². The van der Waals surface area contributed by atoms with E-state index < -0.39 is 11.6 Å². The average molecular weight is 219 g/mol. The zero-order valence-corrected chi connectivity index (χ0v) is 8.62. The number of rotatable bonds is 3. The van der Waals surface area contributed by atoms with Crippen LogP contribution in [0.3, 0.4) is 0 Å².